The normalized spacial score (nSPS) is 13.1. The van der Waals surface area contributed by atoms with Crippen LogP contribution in [0.15, 0.2) is 0 Å². The topological polar surface area (TPSA) is 75.6 Å². The van der Waals surface area contributed by atoms with Gasteiger partial charge < -0.3 is 15.2 Å². The molecule has 5 heteroatoms. The molecule has 0 aliphatic rings. The number of carboxylic acids is 1. The second-order valence-corrected chi connectivity index (χ2v) is 4.33. The summed E-state index contributed by atoms with van der Waals surface area (Å²) in [5.41, 5.74) is -0.560. The Kier molecular flexibility index (Phi) is 5.11. The lowest BCUT2D eigenvalue weighted by molar-refractivity contribution is -0.141. The van der Waals surface area contributed by atoms with Crippen molar-refractivity contribution in [2.45, 2.75) is 39.7 Å². The summed E-state index contributed by atoms with van der Waals surface area (Å²) in [5, 5.41) is 11.2. The molecule has 0 aromatic carbocycles. The molecule has 0 saturated heterocycles. The molecule has 88 valence electrons. The van der Waals surface area contributed by atoms with Crippen molar-refractivity contribution in [1.29, 1.82) is 0 Å². The molecule has 1 amide bonds. The molecule has 0 bridgehead atoms. The zero-order valence-electron chi connectivity index (χ0n) is 9.66. The number of alkyl carbamates (subject to hydrolysis) is 1. The number of amides is 1. The van der Waals surface area contributed by atoms with Crippen molar-refractivity contribution in [1.82, 2.24) is 5.32 Å². The summed E-state index contributed by atoms with van der Waals surface area (Å²) >= 11 is 0. The largest absolute Gasteiger partial charge is 0.481 e. The van der Waals surface area contributed by atoms with E-state index in [9.17, 15) is 9.59 Å². The van der Waals surface area contributed by atoms with Crippen molar-refractivity contribution in [3.8, 4) is 0 Å². The summed E-state index contributed by atoms with van der Waals surface area (Å²) in [5.74, 6) is -1.47. The number of hydrogen-bond acceptors (Lipinski definition) is 3. The number of aliphatic carboxylic acids is 1. The Balaban J connectivity index is 3.94. The van der Waals surface area contributed by atoms with Crippen LogP contribution in [0.25, 0.3) is 0 Å². The second-order valence-electron chi connectivity index (χ2n) is 4.33. The maximum atomic E-state index is 11.2. The van der Waals surface area contributed by atoms with Gasteiger partial charge in [-0.15, -0.1) is 0 Å². The Morgan fingerprint density at radius 3 is 2.27 bits per heavy atom. The van der Waals surface area contributed by atoms with Gasteiger partial charge in [0.2, 0.25) is 0 Å². The molecule has 0 rings (SSSR count). The van der Waals surface area contributed by atoms with Crippen LogP contribution in [0.3, 0.4) is 0 Å². The summed E-state index contributed by atoms with van der Waals surface area (Å²) in [6.45, 7) is 7.11. The van der Waals surface area contributed by atoms with E-state index in [0.717, 1.165) is 0 Å². The van der Waals surface area contributed by atoms with Crippen LogP contribution in [-0.2, 0) is 9.53 Å². The van der Waals surface area contributed by atoms with Crippen molar-refractivity contribution in [3.63, 3.8) is 0 Å². The smallest absolute Gasteiger partial charge is 0.407 e. The van der Waals surface area contributed by atoms with Crippen LogP contribution in [0.5, 0.6) is 0 Å². The highest BCUT2D eigenvalue weighted by Gasteiger charge is 2.19. The van der Waals surface area contributed by atoms with Crippen LogP contribution in [0, 0.1) is 5.92 Å². The van der Waals surface area contributed by atoms with Gasteiger partial charge in [-0.25, -0.2) is 4.79 Å². The molecule has 0 aliphatic carbocycles. The highest BCUT2D eigenvalue weighted by atomic mass is 16.6. The molecule has 15 heavy (non-hydrogen) atoms. The van der Waals surface area contributed by atoms with Gasteiger partial charge in [0.25, 0.3) is 0 Å². The van der Waals surface area contributed by atoms with Crippen LogP contribution in [0.1, 0.15) is 34.1 Å². The highest BCUT2D eigenvalue weighted by Crippen LogP contribution is 2.07. The van der Waals surface area contributed by atoms with Crippen LogP contribution >= 0.6 is 0 Å². The van der Waals surface area contributed by atoms with E-state index < -0.39 is 23.6 Å². The van der Waals surface area contributed by atoms with Gasteiger partial charge in [0.1, 0.15) is 5.60 Å². The SMILES string of the molecule is CC[C@H](CNC(=O)OC(C)(C)C)C(=O)O. The third kappa shape index (κ3) is 6.76. The predicted molar refractivity (Wildman–Crippen MR) is 55.7 cm³/mol. The summed E-state index contributed by atoms with van der Waals surface area (Å²) in [6, 6.07) is 0. The molecule has 0 aromatic heterocycles. The Morgan fingerprint density at radius 2 is 1.93 bits per heavy atom. The van der Waals surface area contributed by atoms with Gasteiger partial charge in [-0.2, -0.15) is 0 Å². The molecule has 0 heterocycles. The molecule has 5 nitrogen and oxygen atoms in total. The van der Waals surface area contributed by atoms with E-state index >= 15 is 0 Å². The minimum Gasteiger partial charge on any atom is -0.481 e. The van der Waals surface area contributed by atoms with Gasteiger partial charge in [-0.05, 0) is 27.2 Å². The summed E-state index contributed by atoms with van der Waals surface area (Å²) in [6.07, 6.45) is -0.104. The minimum absolute atomic E-state index is 0.0980. The monoisotopic (exact) mass is 217 g/mol. The third-order valence-electron chi connectivity index (χ3n) is 1.73. The summed E-state index contributed by atoms with van der Waals surface area (Å²) in [4.78, 5) is 21.8. The quantitative estimate of drug-likeness (QED) is 0.750. The molecule has 0 spiro atoms. The van der Waals surface area contributed by atoms with E-state index in [-0.39, 0.29) is 6.54 Å². The average molecular weight is 217 g/mol. The Bertz CT molecular complexity index is 232. The number of carbonyl (C=O) groups is 2. The van der Waals surface area contributed by atoms with E-state index in [4.69, 9.17) is 9.84 Å². The van der Waals surface area contributed by atoms with Crippen molar-refractivity contribution >= 4 is 12.1 Å². The molecule has 0 radical (unpaired) electrons. The zero-order chi connectivity index (χ0) is 12.1. The number of carboxylic acid groups (broad SMARTS) is 1. The molecule has 0 aromatic rings. The first kappa shape index (κ1) is 13.7. The first-order valence-electron chi connectivity index (χ1n) is 4.96. The van der Waals surface area contributed by atoms with E-state index in [1.165, 1.54) is 0 Å². The fourth-order valence-electron chi connectivity index (χ4n) is 0.927. The van der Waals surface area contributed by atoms with Gasteiger partial charge in [0, 0.05) is 6.54 Å². The lowest BCUT2D eigenvalue weighted by atomic mass is 10.1. The summed E-state index contributed by atoms with van der Waals surface area (Å²) in [7, 11) is 0. The maximum Gasteiger partial charge on any atom is 0.407 e. The lowest BCUT2D eigenvalue weighted by Gasteiger charge is -2.20. The number of nitrogens with one attached hydrogen (secondary N) is 1. The number of carbonyl (C=O) groups excluding carboxylic acids is 1. The van der Waals surface area contributed by atoms with Gasteiger partial charge in [0.05, 0.1) is 5.92 Å². The van der Waals surface area contributed by atoms with Crippen molar-refractivity contribution in [2.75, 3.05) is 6.54 Å². The Hall–Kier alpha value is -1.26. The third-order valence-corrected chi connectivity index (χ3v) is 1.73. The molecule has 1 atom stereocenters. The van der Waals surface area contributed by atoms with E-state index in [1.807, 2.05) is 0 Å². The first-order valence-corrected chi connectivity index (χ1v) is 4.96. The molecular formula is C10H19NO4. The van der Waals surface area contributed by atoms with Crippen LogP contribution < -0.4 is 5.32 Å². The Labute approximate surface area is 89.8 Å². The van der Waals surface area contributed by atoms with Crippen LogP contribution in [-0.4, -0.2) is 29.3 Å². The van der Waals surface area contributed by atoms with E-state index in [1.54, 1.807) is 27.7 Å². The molecule has 0 aliphatic heterocycles. The lowest BCUT2D eigenvalue weighted by Crippen LogP contribution is -2.37. The Morgan fingerprint density at radius 1 is 1.40 bits per heavy atom. The van der Waals surface area contributed by atoms with E-state index in [2.05, 4.69) is 5.32 Å². The fourth-order valence-corrected chi connectivity index (χ4v) is 0.927. The van der Waals surface area contributed by atoms with Gasteiger partial charge >= 0.3 is 12.1 Å². The number of hydrogen-bond donors (Lipinski definition) is 2. The first-order chi connectivity index (χ1) is 6.76. The number of ether oxygens (including phenoxy) is 1. The van der Waals surface area contributed by atoms with Crippen LogP contribution in [0.2, 0.25) is 0 Å². The maximum absolute atomic E-state index is 11.2. The molecule has 0 unspecified atom stereocenters. The minimum atomic E-state index is -0.909. The number of rotatable bonds is 4. The highest BCUT2D eigenvalue weighted by molar-refractivity contribution is 5.72. The summed E-state index contributed by atoms with van der Waals surface area (Å²) < 4.78 is 4.97. The van der Waals surface area contributed by atoms with E-state index in [0.29, 0.717) is 6.42 Å². The molecule has 2 N–H and O–H groups in total. The zero-order valence-corrected chi connectivity index (χ0v) is 9.66. The average Bonchev–Trinajstić information content (AvgIpc) is 2.01. The van der Waals surface area contributed by atoms with Crippen molar-refractivity contribution < 1.29 is 19.4 Å². The molecular weight excluding hydrogens is 198 g/mol. The molecule has 0 saturated carbocycles. The second kappa shape index (κ2) is 5.58. The van der Waals surface area contributed by atoms with Crippen molar-refractivity contribution in [2.24, 2.45) is 5.92 Å². The fraction of sp³-hybridized carbons (Fsp3) is 0.800. The van der Waals surface area contributed by atoms with Gasteiger partial charge in [0.15, 0.2) is 0 Å². The van der Waals surface area contributed by atoms with Gasteiger partial charge in [-0.3, -0.25) is 4.79 Å². The van der Waals surface area contributed by atoms with Crippen LogP contribution in [0.4, 0.5) is 4.79 Å². The van der Waals surface area contributed by atoms with Gasteiger partial charge in [-0.1, -0.05) is 6.92 Å². The standard InChI is InChI=1S/C10H19NO4/c1-5-7(8(12)13)6-11-9(14)15-10(2,3)4/h7H,5-6H2,1-4H3,(H,11,14)(H,12,13)/t7-/m1/s1. The van der Waals surface area contributed by atoms with Crippen molar-refractivity contribution in [3.05, 3.63) is 0 Å². The predicted octanol–water partition coefficient (Wildman–Crippen LogP) is 1.62. The molecule has 0 fully saturated rings.